The zero-order valence-corrected chi connectivity index (χ0v) is 21.5. The molecule has 0 spiro atoms. The molecule has 5 nitrogen and oxygen atoms in total. The standard InChI is InChI=1S/C28H34FN3O2S/c1-4-34-28-31-26(20-10-11-20)24(16-30-27(33)25(35)14-18(2)3)32(28)17-22-13-12-21(15-23(22)29)19-8-6-5-7-9-19/h5-9,12-13,15,18,20,25,35H,4,10-11,14,16-17H2,1-3H3,(H,30,33). The van der Waals surface area contributed by atoms with Gasteiger partial charge in [-0.2, -0.15) is 17.6 Å². The van der Waals surface area contributed by atoms with Gasteiger partial charge in [0.15, 0.2) is 0 Å². The van der Waals surface area contributed by atoms with Crippen LogP contribution in [0, 0.1) is 11.7 Å². The molecule has 1 unspecified atom stereocenters. The summed E-state index contributed by atoms with van der Waals surface area (Å²) in [6, 6.07) is 15.6. The Labute approximate surface area is 212 Å². The predicted molar refractivity (Wildman–Crippen MR) is 140 cm³/mol. The van der Waals surface area contributed by atoms with Crippen LogP contribution in [-0.4, -0.2) is 27.3 Å². The van der Waals surface area contributed by atoms with Crippen LogP contribution in [0.5, 0.6) is 6.01 Å². The summed E-state index contributed by atoms with van der Waals surface area (Å²) in [5, 5.41) is 2.66. The van der Waals surface area contributed by atoms with Gasteiger partial charge in [-0.25, -0.2) is 4.39 Å². The van der Waals surface area contributed by atoms with E-state index in [1.54, 1.807) is 6.07 Å². The molecule has 0 aliphatic heterocycles. The molecule has 0 radical (unpaired) electrons. The van der Waals surface area contributed by atoms with Crippen molar-refractivity contribution in [3.63, 3.8) is 0 Å². The van der Waals surface area contributed by atoms with E-state index in [1.807, 2.05) is 54.0 Å². The Kier molecular flexibility index (Phi) is 8.16. The number of imidazole rings is 1. The summed E-state index contributed by atoms with van der Waals surface area (Å²) < 4.78 is 23.0. The number of carbonyl (C=O) groups excluding carboxylic acids is 1. The average molecular weight is 496 g/mol. The smallest absolute Gasteiger partial charge is 0.297 e. The number of halogens is 1. The lowest BCUT2D eigenvalue weighted by molar-refractivity contribution is -0.121. The van der Waals surface area contributed by atoms with Gasteiger partial charge in [-0.3, -0.25) is 9.36 Å². The van der Waals surface area contributed by atoms with Gasteiger partial charge in [-0.05, 0) is 49.3 Å². The van der Waals surface area contributed by atoms with Crippen LogP contribution in [0.4, 0.5) is 4.39 Å². The molecule has 7 heteroatoms. The van der Waals surface area contributed by atoms with E-state index in [1.165, 1.54) is 0 Å². The molecule has 1 aromatic heterocycles. The van der Waals surface area contributed by atoms with Crippen LogP contribution < -0.4 is 10.1 Å². The molecule has 186 valence electrons. The lowest BCUT2D eigenvalue weighted by atomic mass is 10.0. The van der Waals surface area contributed by atoms with Gasteiger partial charge in [-0.15, -0.1) is 0 Å². The van der Waals surface area contributed by atoms with Crippen molar-refractivity contribution >= 4 is 18.5 Å². The van der Waals surface area contributed by atoms with Crippen LogP contribution in [0.1, 0.15) is 62.9 Å². The van der Waals surface area contributed by atoms with Crippen molar-refractivity contribution in [1.29, 1.82) is 0 Å². The normalized spacial score (nSPS) is 14.2. The highest BCUT2D eigenvalue weighted by Gasteiger charge is 2.32. The monoisotopic (exact) mass is 495 g/mol. The number of benzene rings is 2. The second kappa shape index (κ2) is 11.3. The fourth-order valence-corrected chi connectivity index (χ4v) is 4.76. The molecule has 1 fully saturated rings. The van der Waals surface area contributed by atoms with Crippen LogP contribution in [-0.2, 0) is 17.9 Å². The molecule has 1 saturated carbocycles. The molecule has 1 aliphatic carbocycles. The predicted octanol–water partition coefficient (Wildman–Crippen LogP) is 5.97. The van der Waals surface area contributed by atoms with Crippen molar-refractivity contribution in [3.8, 4) is 17.1 Å². The van der Waals surface area contributed by atoms with Crippen molar-refractivity contribution in [2.24, 2.45) is 5.92 Å². The van der Waals surface area contributed by atoms with Gasteiger partial charge in [0.05, 0.1) is 36.3 Å². The Balaban J connectivity index is 1.61. The molecule has 0 bridgehead atoms. The van der Waals surface area contributed by atoms with Gasteiger partial charge >= 0.3 is 0 Å². The fraction of sp³-hybridized carbons (Fsp3) is 0.429. The number of rotatable bonds is 11. The Hall–Kier alpha value is -2.80. The minimum Gasteiger partial charge on any atom is -0.465 e. The molecule has 0 saturated heterocycles. The third-order valence-electron chi connectivity index (χ3n) is 6.22. The second-order valence-electron chi connectivity index (χ2n) is 9.56. The SMILES string of the molecule is CCOc1nc(C2CC2)c(CNC(=O)C(S)CC(C)C)n1Cc1ccc(-c2ccccc2)cc1F. The summed E-state index contributed by atoms with van der Waals surface area (Å²) in [6.07, 6.45) is 2.82. The molecular weight excluding hydrogens is 461 g/mol. The number of nitrogens with zero attached hydrogens (tertiary/aromatic N) is 2. The molecule has 1 N–H and O–H groups in total. The summed E-state index contributed by atoms with van der Waals surface area (Å²) in [4.78, 5) is 17.4. The van der Waals surface area contributed by atoms with Crippen molar-refractivity contribution in [2.75, 3.05) is 6.61 Å². The summed E-state index contributed by atoms with van der Waals surface area (Å²) >= 11 is 4.48. The Bertz CT molecular complexity index is 1160. The van der Waals surface area contributed by atoms with Gasteiger partial charge in [0.2, 0.25) is 5.91 Å². The quantitative estimate of drug-likeness (QED) is 0.322. The molecule has 1 aliphatic rings. The third kappa shape index (κ3) is 6.26. The van der Waals surface area contributed by atoms with E-state index in [4.69, 9.17) is 9.72 Å². The molecule has 1 amide bonds. The number of amides is 1. The van der Waals surface area contributed by atoms with Gasteiger partial charge in [-0.1, -0.05) is 56.3 Å². The molecule has 4 rings (SSSR count). The van der Waals surface area contributed by atoms with E-state index in [-0.39, 0.29) is 23.5 Å². The number of hydrogen-bond donors (Lipinski definition) is 2. The summed E-state index contributed by atoms with van der Waals surface area (Å²) in [5.74, 6) is 0.350. The highest BCUT2D eigenvalue weighted by atomic mass is 32.1. The summed E-state index contributed by atoms with van der Waals surface area (Å²) in [5.41, 5.74) is 4.16. The first-order valence-corrected chi connectivity index (χ1v) is 12.9. The number of nitrogens with one attached hydrogen (secondary N) is 1. The first-order chi connectivity index (χ1) is 16.9. The van der Waals surface area contributed by atoms with Gasteiger partial charge < -0.3 is 10.1 Å². The van der Waals surface area contributed by atoms with Crippen LogP contribution in [0.25, 0.3) is 11.1 Å². The zero-order chi connectivity index (χ0) is 24.9. The lowest BCUT2D eigenvalue weighted by Crippen LogP contribution is -2.32. The first kappa shape index (κ1) is 25.3. The lowest BCUT2D eigenvalue weighted by Gasteiger charge is -2.16. The van der Waals surface area contributed by atoms with Gasteiger partial charge in [0.1, 0.15) is 5.82 Å². The van der Waals surface area contributed by atoms with Crippen molar-refractivity contribution in [1.82, 2.24) is 14.9 Å². The minimum absolute atomic E-state index is 0.104. The van der Waals surface area contributed by atoms with Gasteiger partial charge in [0.25, 0.3) is 6.01 Å². The van der Waals surface area contributed by atoms with Crippen molar-refractivity contribution < 1.29 is 13.9 Å². The summed E-state index contributed by atoms with van der Waals surface area (Å²) in [7, 11) is 0. The Morgan fingerprint density at radius 2 is 1.94 bits per heavy atom. The van der Waals surface area contributed by atoms with E-state index >= 15 is 4.39 Å². The average Bonchev–Trinajstić information content (AvgIpc) is 3.63. The topological polar surface area (TPSA) is 56.1 Å². The van der Waals surface area contributed by atoms with E-state index in [0.29, 0.717) is 43.0 Å². The van der Waals surface area contributed by atoms with E-state index in [2.05, 4.69) is 31.8 Å². The zero-order valence-electron chi connectivity index (χ0n) is 20.6. The van der Waals surface area contributed by atoms with E-state index in [0.717, 1.165) is 35.4 Å². The molecule has 1 atom stereocenters. The van der Waals surface area contributed by atoms with Crippen LogP contribution in [0.2, 0.25) is 0 Å². The highest BCUT2D eigenvalue weighted by Crippen LogP contribution is 2.42. The number of ether oxygens (including phenoxy) is 1. The molecular formula is C28H34FN3O2S. The Morgan fingerprint density at radius 1 is 1.20 bits per heavy atom. The largest absolute Gasteiger partial charge is 0.465 e. The summed E-state index contributed by atoms with van der Waals surface area (Å²) in [6.45, 7) is 7.09. The van der Waals surface area contributed by atoms with E-state index < -0.39 is 0 Å². The Morgan fingerprint density at radius 3 is 2.57 bits per heavy atom. The van der Waals surface area contributed by atoms with Crippen LogP contribution in [0.3, 0.4) is 0 Å². The fourth-order valence-electron chi connectivity index (χ4n) is 4.25. The molecule has 1 heterocycles. The molecule has 35 heavy (non-hydrogen) atoms. The number of aromatic nitrogens is 2. The van der Waals surface area contributed by atoms with Crippen LogP contribution >= 0.6 is 12.6 Å². The number of hydrogen-bond acceptors (Lipinski definition) is 4. The number of carbonyl (C=O) groups is 1. The van der Waals surface area contributed by atoms with Crippen molar-refractivity contribution in [2.45, 2.75) is 64.3 Å². The second-order valence-corrected chi connectivity index (χ2v) is 10.2. The maximum absolute atomic E-state index is 15.2. The highest BCUT2D eigenvalue weighted by molar-refractivity contribution is 7.81. The number of thiol groups is 1. The van der Waals surface area contributed by atoms with Crippen LogP contribution in [0.15, 0.2) is 48.5 Å². The molecule has 2 aromatic carbocycles. The molecule has 3 aromatic rings. The maximum atomic E-state index is 15.2. The first-order valence-electron chi connectivity index (χ1n) is 12.4. The van der Waals surface area contributed by atoms with Gasteiger partial charge in [0, 0.05) is 11.5 Å². The van der Waals surface area contributed by atoms with E-state index in [9.17, 15) is 4.79 Å². The third-order valence-corrected chi connectivity index (χ3v) is 6.67. The van der Waals surface area contributed by atoms with Crippen molar-refractivity contribution in [3.05, 3.63) is 71.3 Å². The maximum Gasteiger partial charge on any atom is 0.297 e. The minimum atomic E-state index is -0.370.